The number of allylic oxidation sites excluding steroid dienone is 6. The van der Waals surface area contributed by atoms with Gasteiger partial charge in [0.05, 0.1) is 0 Å². The molecule has 0 radical (unpaired) electrons. The average Bonchev–Trinajstić information content (AvgIpc) is 2.37. The molecule has 0 spiro atoms. The molecule has 0 aromatic carbocycles. The van der Waals surface area contributed by atoms with Crippen molar-refractivity contribution in [1.82, 2.24) is 0 Å². The zero-order valence-corrected chi connectivity index (χ0v) is 14.3. The van der Waals surface area contributed by atoms with Crippen molar-refractivity contribution in [2.24, 2.45) is 11.8 Å². The molecule has 0 heteroatoms. The molecule has 0 aliphatic heterocycles. The maximum atomic E-state index is 2.50. The topological polar surface area (TPSA) is 0 Å². The molecule has 0 amide bonds. The molecule has 1 aliphatic carbocycles. The number of hydrogen-bond donors (Lipinski definition) is 0. The van der Waals surface area contributed by atoms with E-state index in [1.807, 2.05) is 0 Å². The quantitative estimate of drug-likeness (QED) is 0.459. The van der Waals surface area contributed by atoms with Crippen LogP contribution in [0.2, 0.25) is 0 Å². The van der Waals surface area contributed by atoms with Crippen molar-refractivity contribution in [3.05, 3.63) is 34.9 Å². The van der Waals surface area contributed by atoms with E-state index in [9.17, 15) is 0 Å². The van der Waals surface area contributed by atoms with Crippen LogP contribution in [0, 0.1) is 11.8 Å². The molecule has 114 valence electrons. The van der Waals surface area contributed by atoms with Crippen molar-refractivity contribution >= 4 is 0 Å². The van der Waals surface area contributed by atoms with Crippen molar-refractivity contribution in [2.45, 2.75) is 79.6 Å². The minimum Gasteiger partial charge on any atom is -0.0853 e. The second kappa shape index (κ2) is 9.21. The van der Waals surface area contributed by atoms with Crippen LogP contribution in [0.25, 0.3) is 0 Å². The van der Waals surface area contributed by atoms with E-state index >= 15 is 0 Å². The Bertz CT molecular complexity index is 365. The zero-order valence-electron chi connectivity index (χ0n) is 14.3. The molecule has 20 heavy (non-hydrogen) atoms. The van der Waals surface area contributed by atoms with Crippen LogP contribution in [-0.2, 0) is 0 Å². The van der Waals surface area contributed by atoms with Gasteiger partial charge in [-0.05, 0) is 77.6 Å². The second-order valence-electron chi connectivity index (χ2n) is 7.01. The van der Waals surface area contributed by atoms with Gasteiger partial charge in [-0.1, -0.05) is 48.8 Å². The first-order valence-corrected chi connectivity index (χ1v) is 8.46. The molecule has 1 rings (SSSR count). The summed E-state index contributed by atoms with van der Waals surface area (Å²) in [6, 6.07) is 0. The normalized spacial score (nSPS) is 31.5. The van der Waals surface area contributed by atoms with Crippen molar-refractivity contribution in [3.63, 3.8) is 0 Å². The lowest BCUT2D eigenvalue weighted by Gasteiger charge is -2.20. The van der Waals surface area contributed by atoms with E-state index in [-0.39, 0.29) is 0 Å². The fourth-order valence-corrected chi connectivity index (χ4v) is 2.89. The summed E-state index contributed by atoms with van der Waals surface area (Å²) in [6.45, 7) is 11.6. The van der Waals surface area contributed by atoms with Crippen LogP contribution in [0.15, 0.2) is 34.9 Å². The van der Waals surface area contributed by atoms with Gasteiger partial charge in [0.1, 0.15) is 0 Å². The highest BCUT2D eigenvalue weighted by Crippen LogP contribution is 2.25. The van der Waals surface area contributed by atoms with Crippen LogP contribution >= 0.6 is 0 Å². The Morgan fingerprint density at radius 2 is 1.30 bits per heavy atom. The van der Waals surface area contributed by atoms with Crippen LogP contribution in [0.4, 0.5) is 0 Å². The molecule has 0 unspecified atom stereocenters. The van der Waals surface area contributed by atoms with E-state index in [2.05, 4.69) is 52.8 Å². The van der Waals surface area contributed by atoms with Crippen LogP contribution in [0.1, 0.15) is 79.6 Å². The Hall–Kier alpha value is -0.780. The first-order valence-electron chi connectivity index (χ1n) is 8.46. The average molecular weight is 274 g/mol. The molecule has 0 fully saturated rings. The molecule has 0 bridgehead atoms. The van der Waals surface area contributed by atoms with Gasteiger partial charge in [-0.3, -0.25) is 0 Å². The minimum atomic E-state index is 0.793. The molecule has 0 aromatic heterocycles. The van der Waals surface area contributed by atoms with Gasteiger partial charge in [0.2, 0.25) is 0 Å². The van der Waals surface area contributed by atoms with E-state index in [1.54, 1.807) is 16.7 Å². The van der Waals surface area contributed by atoms with Crippen LogP contribution < -0.4 is 0 Å². The Kier molecular flexibility index (Phi) is 7.95. The molecule has 1 atom stereocenters. The highest BCUT2D eigenvalue weighted by Gasteiger charge is 2.12. The second-order valence-corrected chi connectivity index (χ2v) is 7.01. The van der Waals surface area contributed by atoms with Crippen LogP contribution in [-0.4, -0.2) is 0 Å². The van der Waals surface area contributed by atoms with Gasteiger partial charge in [0.15, 0.2) is 0 Å². The largest absolute Gasteiger partial charge is 0.0853 e. The van der Waals surface area contributed by atoms with Crippen molar-refractivity contribution in [2.75, 3.05) is 0 Å². The molecule has 0 heterocycles. The summed E-state index contributed by atoms with van der Waals surface area (Å²) < 4.78 is 0. The molecule has 0 N–H and O–H groups in total. The fourth-order valence-electron chi connectivity index (χ4n) is 2.89. The summed E-state index contributed by atoms with van der Waals surface area (Å²) in [5, 5.41) is 0. The molecular weight excluding hydrogens is 240 g/mol. The summed E-state index contributed by atoms with van der Waals surface area (Å²) >= 11 is 0. The first kappa shape index (κ1) is 17.3. The van der Waals surface area contributed by atoms with E-state index in [1.165, 1.54) is 44.9 Å². The van der Waals surface area contributed by atoms with Gasteiger partial charge in [-0.2, -0.15) is 0 Å². The Morgan fingerprint density at radius 3 is 1.85 bits per heavy atom. The van der Waals surface area contributed by atoms with Gasteiger partial charge in [-0.25, -0.2) is 0 Å². The zero-order chi connectivity index (χ0) is 15.0. The SMILES string of the molecule is C/C1=C/C[C@@H](C(C)C)CC/C(C)=C/CC/C(C)=C\CC1. The molecule has 1 aliphatic rings. The van der Waals surface area contributed by atoms with Crippen molar-refractivity contribution in [3.8, 4) is 0 Å². The van der Waals surface area contributed by atoms with Gasteiger partial charge in [0.25, 0.3) is 0 Å². The van der Waals surface area contributed by atoms with Crippen molar-refractivity contribution < 1.29 is 0 Å². The summed E-state index contributed by atoms with van der Waals surface area (Å²) in [5.41, 5.74) is 4.71. The van der Waals surface area contributed by atoms with Gasteiger partial charge in [0, 0.05) is 0 Å². The van der Waals surface area contributed by atoms with E-state index in [4.69, 9.17) is 0 Å². The van der Waals surface area contributed by atoms with Gasteiger partial charge in [-0.15, -0.1) is 0 Å². The molecule has 0 saturated carbocycles. The van der Waals surface area contributed by atoms with Crippen LogP contribution in [0.3, 0.4) is 0 Å². The standard InChI is InChI=1S/C20H34/c1-16(2)20-14-12-18(4)10-6-8-17(3)9-7-11-19(5)13-15-20/h8,11-12,16,20H,6-7,9-10,13-15H2,1-5H3/b17-8-,18-12-,19-11+/t20-/m1/s1. The number of hydrogen-bond acceptors (Lipinski definition) is 0. The smallest absolute Gasteiger partial charge is 0.0288 e. The van der Waals surface area contributed by atoms with Crippen LogP contribution in [0.5, 0.6) is 0 Å². The molecule has 0 saturated heterocycles. The van der Waals surface area contributed by atoms with E-state index in [0.717, 1.165) is 11.8 Å². The van der Waals surface area contributed by atoms with Gasteiger partial charge < -0.3 is 0 Å². The van der Waals surface area contributed by atoms with Crippen molar-refractivity contribution in [1.29, 1.82) is 0 Å². The predicted molar refractivity (Wildman–Crippen MR) is 91.9 cm³/mol. The van der Waals surface area contributed by atoms with Gasteiger partial charge >= 0.3 is 0 Å². The monoisotopic (exact) mass is 274 g/mol. The maximum Gasteiger partial charge on any atom is -0.0288 e. The minimum absolute atomic E-state index is 0.793. The maximum absolute atomic E-state index is 2.50. The third-order valence-corrected chi connectivity index (χ3v) is 4.68. The Labute approximate surface area is 127 Å². The Balaban J connectivity index is 2.75. The van der Waals surface area contributed by atoms with E-state index in [0.29, 0.717) is 0 Å². The Morgan fingerprint density at radius 1 is 0.800 bits per heavy atom. The summed E-state index contributed by atoms with van der Waals surface area (Å²) in [6.07, 6.45) is 16.2. The summed E-state index contributed by atoms with van der Waals surface area (Å²) in [7, 11) is 0. The third-order valence-electron chi connectivity index (χ3n) is 4.68. The number of rotatable bonds is 1. The lowest BCUT2D eigenvalue weighted by atomic mass is 9.86. The third kappa shape index (κ3) is 7.12. The molecular formula is C20H34. The first-order chi connectivity index (χ1) is 9.49. The summed E-state index contributed by atoms with van der Waals surface area (Å²) in [4.78, 5) is 0. The fraction of sp³-hybridized carbons (Fsp3) is 0.700. The van der Waals surface area contributed by atoms with E-state index < -0.39 is 0 Å². The lowest BCUT2D eigenvalue weighted by Crippen LogP contribution is -2.08. The predicted octanol–water partition coefficient (Wildman–Crippen LogP) is 6.84. The molecule has 0 nitrogen and oxygen atoms in total. The highest BCUT2D eigenvalue weighted by molar-refractivity contribution is 5.07. The lowest BCUT2D eigenvalue weighted by molar-refractivity contribution is 0.362. The highest BCUT2D eigenvalue weighted by atomic mass is 14.2. The summed E-state index contributed by atoms with van der Waals surface area (Å²) in [5.74, 6) is 1.63. The molecule has 0 aromatic rings.